The number of nitriles is 2. The van der Waals surface area contributed by atoms with Gasteiger partial charge in [-0.15, -0.1) is 0 Å². The summed E-state index contributed by atoms with van der Waals surface area (Å²) < 4.78 is 33.9. The zero-order valence-corrected chi connectivity index (χ0v) is 11.5. The van der Waals surface area contributed by atoms with E-state index in [2.05, 4.69) is 9.97 Å². The fourth-order valence-corrected chi connectivity index (χ4v) is 2.07. The smallest absolute Gasteiger partial charge is 0.232 e. The van der Waals surface area contributed by atoms with E-state index in [1.807, 2.05) is 6.07 Å². The summed E-state index contributed by atoms with van der Waals surface area (Å²) in [6.45, 7) is 0.0805. The lowest BCUT2D eigenvalue weighted by atomic mass is 10.2. The molecule has 0 amide bonds. The molecule has 2 aromatic heterocycles. The highest BCUT2D eigenvalue weighted by Crippen LogP contribution is 2.25. The molecule has 0 unspecified atom stereocenters. The summed E-state index contributed by atoms with van der Waals surface area (Å²) in [7, 11) is 0. The van der Waals surface area contributed by atoms with Crippen molar-refractivity contribution in [1.82, 2.24) is 14.5 Å². The molecule has 0 saturated heterocycles. The molecule has 0 fully saturated rings. The van der Waals surface area contributed by atoms with Crippen molar-refractivity contribution in [3.63, 3.8) is 0 Å². The Morgan fingerprint density at radius 3 is 2.57 bits per heavy atom. The van der Waals surface area contributed by atoms with Gasteiger partial charge in [-0.2, -0.15) is 10.5 Å². The zero-order valence-electron chi connectivity index (χ0n) is 11.5. The van der Waals surface area contributed by atoms with Crippen molar-refractivity contribution < 1.29 is 13.2 Å². The van der Waals surface area contributed by atoms with E-state index in [-0.39, 0.29) is 29.4 Å². The van der Waals surface area contributed by atoms with Crippen LogP contribution in [-0.2, 0) is 6.54 Å². The molecule has 0 aliphatic carbocycles. The van der Waals surface area contributed by atoms with Crippen molar-refractivity contribution in [3.05, 3.63) is 59.5 Å². The molecule has 8 heteroatoms. The second-order valence-corrected chi connectivity index (χ2v) is 4.53. The van der Waals surface area contributed by atoms with Gasteiger partial charge in [-0.25, -0.2) is 18.7 Å². The molecule has 23 heavy (non-hydrogen) atoms. The third kappa shape index (κ3) is 2.54. The minimum atomic E-state index is -0.787. The fourth-order valence-electron chi connectivity index (χ4n) is 2.07. The Morgan fingerprint density at radius 2 is 1.91 bits per heavy atom. The molecule has 1 aromatic carbocycles. The number of halogens is 2. The maximum atomic E-state index is 13.7. The van der Waals surface area contributed by atoms with Crippen LogP contribution in [-0.4, -0.2) is 14.5 Å². The van der Waals surface area contributed by atoms with Gasteiger partial charge in [0.2, 0.25) is 5.89 Å². The number of rotatable bonds is 3. The Hall–Kier alpha value is -3.52. The second kappa shape index (κ2) is 5.70. The van der Waals surface area contributed by atoms with E-state index >= 15 is 0 Å². The Bertz CT molecular complexity index is 941. The minimum Gasteiger partial charge on any atom is -0.444 e. The van der Waals surface area contributed by atoms with E-state index in [0.29, 0.717) is 5.69 Å². The van der Waals surface area contributed by atoms with E-state index in [1.165, 1.54) is 23.2 Å². The summed E-state index contributed by atoms with van der Waals surface area (Å²) >= 11 is 0. The highest BCUT2D eigenvalue weighted by atomic mass is 19.1. The van der Waals surface area contributed by atoms with E-state index in [4.69, 9.17) is 14.9 Å². The van der Waals surface area contributed by atoms with Crippen LogP contribution in [0.5, 0.6) is 0 Å². The number of benzene rings is 1. The monoisotopic (exact) mass is 311 g/mol. The molecular formula is C15H7F2N5O. The van der Waals surface area contributed by atoms with Crippen molar-refractivity contribution in [2.24, 2.45) is 0 Å². The van der Waals surface area contributed by atoms with Gasteiger partial charge in [0, 0.05) is 0 Å². The fraction of sp³-hybridized carbons (Fsp3) is 0.0667. The van der Waals surface area contributed by atoms with Gasteiger partial charge in [-0.3, -0.25) is 0 Å². The molecule has 0 spiro atoms. The van der Waals surface area contributed by atoms with Crippen LogP contribution in [0.1, 0.15) is 17.1 Å². The molecule has 3 aromatic rings. The molecule has 0 radical (unpaired) electrons. The van der Waals surface area contributed by atoms with Gasteiger partial charge in [0.05, 0.1) is 18.6 Å². The lowest BCUT2D eigenvalue weighted by Gasteiger charge is -2.00. The van der Waals surface area contributed by atoms with E-state index in [9.17, 15) is 8.78 Å². The van der Waals surface area contributed by atoms with Crippen molar-refractivity contribution in [2.45, 2.75) is 6.54 Å². The lowest BCUT2D eigenvalue weighted by Crippen LogP contribution is -2.02. The highest BCUT2D eigenvalue weighted by Gasteiger charge is 2.17. The standard InChI is InChI=1S/C15H7F2N5O/c16-10-2-1-3-11(17)14(10)15-21-9(7-23-15)6-22-8-20-12(4-18)13(22)5-19/h1-3,7-8H,6H2. The Balaban J connectivity index is 1.94. The molecule has 0 saturated carbocycles. The average molecular weight is 311 g/mol. The number of imidazole rings is 1. The van der Waals surface area contributed by atoms with Gasteiger partial charge >= 0.3 is 0 Å². The summed E-state index contributed by atoms with van der Waals surface area (Å²) in [5, 5.41) is 17.9. The largest absolute Gasteiger partial charge is 0.444 e. The van der Waals surface area contributed by atoms with Crippen molar-refractivity contribution in [3.8, 4) is 23.6 Å². The lowest BCUT2D eigenvalue weighted by molar-refractivity contribution is 0.540. The van der Waals surface area contributed by atoms with E-state index < -0.39 is 11.6 Å². The van der Waals surface area contributed by atoms with Crippen LogP contribution in [0.25, 0.3) is 11.5 Å². The van der Waals surface area contributed by atoms with Crippen molar-refractivity contribution >= 4 is 0 Å². The first kappa shape index (κ1) is 14.4. The topological polar surface area (TPSA) is 91.4 Å². The van der Waals surface area contributed by atoms with Gasteiger partial charge in [-0.05, 0) is 12.1 Å². The third-order valence-electron chi connectivity index (χ3n) is 3.11. The highest BCUT2D eigenvalue weighted by molar-refractivity contribution is 5.55. The van der Waals surface area contributed by atoms with Gasteiger partial charge < -0.3 is 8.98 Å². The van der Waals surface area contributed by atoms with Gasteiger partial charge in [0.25, 0.3) is 0 Å². The Kier molecular flexibility index (Phi) is 3.57. The van der Waals surface area contributed by atoms with Gasteiger partial charge in [-0.1, -0.05) is 6.07 Å². The van der Waals surface area contributed by atoms with E-state index in [0.717, 1.165) is 12.1 Å². The van der Waals surface area contributed by atoms with Crippen LogP contribution in [0, 0.1) is 34.3 Å². The average Bonchev–Trinajstić information content (AvgIpc) is 3.14. The molecule has 0 aliphatic heterocycles. The van der Waals surface area contributed by atoms with Crippen LogP contribution in [0.4, 0.5) is 8.78 Å². The third-order valence-corrected chi connectivity index (χ3v) is 3.11. The predicted octanol–water partition coefficient (Wildman–Crippen LogP) is 2.61. The second-order valence-electron chi connectivity index (χ2n) is 4.53. The first-order valence-electron chi connectivity index (χ1n) is 6.38. The summed E-state index contributed by atoms with van der Waals surface area (Å²) in [5.41, 5.74) is 0.0501. The molecule has 0 N–H and O–H groups in total. The molecule has 0 bridgehead atoms. The Labute approximate surface area is 128 Å². The van der Waals surface area contributed by atoms with Crippen LogP contribution in [0.3, 0.4) is 0 Å². The molecule has 112 valence electrons. The zero-order chi connectivity index (χ0) is 16.4. The first-order valence-corrected chi connectivity index (χ1v) is 6.38. The van der Waals surface area contributed by atoms with Crippen LogP contribution in [0.15, 0.2) is 35.2 Å². The normalized spacial score (nSPS) is 10.3. The number of hydrogen-bond donors (Lipinski definition) is 0. The SMILES string of the molecule is N#Cc1ncn(Cc2coc(-c3c(F)cccc3F)n2)c1C#N. The van der Waals surface area contributed by atoms with Crippen LogP contribution in [0.2, 0.25) is 0 Å². The molecule has 2 heterocycles. The van der Waals surface area contributed by atoms with Gasteiger partial charge in [0.1, 0.15) is 35.6 Å². The molecule has 3 rings (SSSR count). The number of aromatic nitrogens is 3. The summed E-state index contributed by atoms with van der Waals surface area (Å²) in [4.78, 5) is 7.82. The maximum absolute atomic E-state index is 13.7. The van der Waals surface area contributed by atoms with Gasteiger partial charge in [0.15, 0.2) is 11.4 Å². The number of nitrogens with zero attached hydrogens (tertiary/aromatic N) is 5. The summed E-state index contributed by atoms with van der Waals surface area (Å²) in [6.07, 6.45) is 2.55. The Morgan fingerprint density at radius 1 is 1.17 bits per heavy atom. The summed E-state index contributed by atoms with van der Waals surface area (Å²) in [6, 6.07) is 7.12. The minimum absolute atomic E-state index is 0.00336. The molecule has 6 nitrogen and oxygen atoms in total. The van der Waals surface area contributed by atoms with Crippen LogP contribution < -0.4 is 0 Å². The maximum Gasteiger partial charge on any atom is 0.232 e. The number of oxazole rings is 1. The molecule has 0 aliphatic rings. The predicted molar refractivity (Wildman–Crippen MR) is 72.6 cm³/mol. The van der Waals surface area contributed by atoms with Crippen LogP contribution >= 0.6 is 0 Å². The quantitative estimate of drug-likeness (QED) is 0.741. The van der Waals surface area contributed by atoms with E-state index in [1.54, 1.807) is 6.07 Å². The van der Waals surface area contributed by atoms with Crippen molar-refractivity contribution in [2.75, 3.05) is 0 Å². The number of hydrogen-bond acceptors (Lipinski definition) is 5. The summed E-state index contributed by atoms with van der Waals surface area (Å²) in [5.74, 6) is -1.77. The molecular weight excluding hydrogens is 304 g/mol. The molecule has 0 atom stereocenters. The van der Waals surface area contributed by atoms with Crippen molar-refractivity contribution in [1.29, 1.82) is 10.5 Å². The first-order chi connectivity index (χ1) is 11.1.